The van der Waals surface area contributed by atoms with E-state index in [9.17, 15) is 13.9 Å². The number of nitrogens with zero attached hydrogens (tertiary/aromatic N) is 2. The zero-order valence-electron chi connectivity index (χ0n) is 17.4. The highest BCUT2D eigenvalue weighted by Crippen LogP contribution is 2.29. The maximum atomic E-state index is 12.2. The predicted molar refractivity (Wildman–Crippen MR) is 113 cm³/mol. The number of aliphatic imine (C=N–C) groups is 1. The van der Waals surface area contributed by atoms with E-state index in [1.165, 1.54) is 25.0 Å². The highest BCUT2D eigenvalue weighted by atomic mass is 19.3. The van der Waals surface area contributed by atoms with Crippen LogP contribution in [0.2, 0.25) is 0 Å². The molecule has 0 saturated heterocycles. The first-order chi connectivity index (χ1) is 15.0. The van der Waals surface area contributed by atoms with Crippen LogP contribution in [0.1, 0.15) is 37.0 Å². The normalized spacial score (nSPS) is 14.9. The van der Waals surface area contributed by atoms with Crippen LogP contribution in [0.5, 0.6) is 11.6 Å². The van der Waals surface area contributed by atoms with E-state index < -0.39 is 12.7 Å². The van der Waals surface area contributed by atoms with Gasteiger partial charge in [0.05, 0.1) is 19.3 Å². The first kappa shape index (κ1) is 22.7. The van der Waals surface area contributed by atoms with Gasteiger partial charge in [-0.15, -0.1) is 0 Å². The van der Waals surface area contributed by atoms with Crippen LogP contribution in [0.3, 0.4) is 0 Å². The fourth-order valence-corrected chi connectivity index (χ4v) is 2.77. The second-order valence-electron chi connectivity index (χ2n) is 7.30. The molecule has 0 aliphatic heterocycles. The van der Waals surface area contributed by atoms with E-state index >= 15 is 0 Å². The Morgan fingerprint density at radius 2 is 1.97 bits per heavy atom. The third kappa shape index (κ3) is 8.01. The lowest BCUT2D eigenvalue weighted by atomic mass is 10.1. The summed E-state index contributed by atoms with van der Waals surface area (Å²) in [7, 11) is 0. The van der Waals surface area contributed by atoms with Gasteiger partial charge in [-0.25, -0.2) is 9.98 Å². The number of benzene rings is 1. The van der Waals surface area contributed by atoms with E-state index in [-0.39, 0.29) is 12.3 Å². The van der Waals surface area contributed by atoms with Crippen LogP contribution in [-0.4, -0.2) is 42.4 Å². The van der Waals surface area contributed by atoms with Gasteiger partial charge < -0.3 is 25.2 Å². The molecular weight excluding hydrogens is 406 g/mol. The Kier molecular flexibility index (Phi) is 8.40. The maximum absolute atomic E-state index is 12.2. The molecule has 1 saturated carbocycles. The van der Waals surface area contributed by atoms with Crippen LogP contribution < -0.4 is 20.1 Å². The number of aliphatic hydroxyl groups excluding tert-OH is 1. The smallest absolute Gasteiger partial charge is 0.387 e. The fourth-order valence-electron chi connectivity index (χ4n) is 2.77. The lowest BCUT2D eigenvalue weighted by molar-refractivity contribution is -0.0498. The monoisotopic (exact) mass is 434 g/mol. The molecule has 1 unspecified atom stereocenters. The van der Waals surface area contributed by atoms with Gasteiger partial charge >= 0.3 is 6.61 Å². The largest absolute Gasteiger partial charge is 0.477 e. The van der Waals surface area contributed by atoms with E-state index in [4.69, 9.17) is 4.74 Å². The fraction of sp³-hybridized carbons (Fsp3) is 0.455. The number of aliphatic hydroxyl groups is 1. The summed E-state index contributed by atoms with van der Waals surface area (Å²) in [5.41, 5.74) is 1.52. The number of alkyl halides is 2. The van der Waals surface area contributed by atoms with Crippen molar-refractivity contribution in [1.82, 2.24) is 15.6 Å². The molecular formula is C22H28F2N4O3. The number of pyridine rings is 1. The molecule has 1 atom stereocenters. The minimum Gasteiger partial charge on any atom is -0.477 e. The average molecular weight is 434 g/mol. The summed E-state index contributed by atoms with van der Waals surface area (Å²) in [6, 6.07) is 9.67. The third-order valence-corrected chi connectivity index (χ3v) is 4.68. The molecule has 3 N–H and O–H groups in total. The summed E-state index contributed by atoms with van der Waals surface area (Å²) in [4.78, 5) is 8.82. The number of hydrogen-bond donors (Lipinski definition) is 3. The molecule has 1 aliphatic rings. The number of aromatic nitrogens is 1. The lowest BCUT2D eigenvalue weighted by Crippen LogP contribution is -2.39. The third-order valence-electron chi connectivity index (χ3n) is 4.68. The van der Waals surface area contributed by atoms with E-state index in [1.54, 1.807) is 18.3 Å². The minimum atomic E-state index is -2.88. The summed E-state index contributed by atoms with van der Waals surface area (Å²) in [6.45, 7) is 1.08. The molecule has 1 heterocycles. The van der Waals surface area contributed by atoms with Gasteiger partial charge in [-0.1, -0.05) is 18.2 Å². The molecule has 0 radical (unpaired) electrons. The maximum Gasteiger partial charge on any atom is 0.387 e. The number of ether oxygens (including phenoxy) is 2. The molecule has 7 nitrogen and oxygen atoms in total. The van der Waals surface area contributed by atoms with Gasteiger partial charge in [0, 0.05) is 25.4 Å². The van der Waals surface area contributed by atoms with Crippen LogP contribution in [0.15, 0.2) is 47.6 Å². The number of hydrogen-bond acceptors (Lipinski definition) is 5. The molecule has 168 valence electrons. The van der Waals surface area contributed by atoms with Crippen molar-refractivity contribution < 1.29 is 23.4 Å². The van der Waals surface area contributed by atoms with E-state index in [2.05, 4.69) is 25.3 Å². The molecule has 0 bridgehead atoms. The van der Waals surface area contributed by atoms with Gasteiger partial charge in [-0.3, -0.25) is 0 Å². The SMILES string of the molecule is CCNC(=NCc1ccc(OCC2CC2)nc1)NCC(O)c1ccc(OC(F)F)cc1. The molecule has 1 aromatic heterocycles. The van der Waals surface area contributed by atoms with Crippen molar-refractivity contribution in [2.75, 3.05) is 19.7 Å². The molecule has 1 fully saturated rings. The van der Waals surface area contributed by atoms with Crippen molar-refractivity contribution in [3.05, 3.63) is 53.7 Å². The van der Waals surface area contributed by atoms with E-state index in [0.717, 1.165) is 12.2 Å². The molecule has 3 rings (SSSR count). The number of nitrogens with one attached hydrogen (secondary N) is 2. The first-order valence-corrected chi connectivity index (χ1v) is 10.4. The minimum absolute atomic E-state index is 0.0476. The Labute approximate surface area is 180 Å². The van der Waals surface area contributed by atoms with Crippen LogP contribution >= 0.6 is 0 Å². The number of rotatable bonds is 11. The predicted octanol–water partition coefficient (Wildman–Crippen LogP) is 3.26. The van der Waals surface area contributed by atoms with Gasteiger partial charge in [-0.05, 0) is 48.9 Å². The van der Waals surface area contributed by atoms with E-state index in [0.29, 0.717) is 36.4 Å². The van der Waals surface area contributed by atoms with Crippen molar-refractivity contribution in [2.45, 2.75) is 39.0 Å². The van der Waals surface area contributed by atoms with Gasteiger partial charge in [0.15, 0.2) is 5.96 Å². The van der Waals surface area contributed by atoms with Crippen molar-refractivity contribution in [1.29, 1.82) is 0 Å². The van der Waals surface area contributed by atoms with E-state index in [1.807, 2.05) is 19.1 Å². The second kappa shape index (κ2) is 11.5. The summed E-state index contributed by atoms with van der Waals surface area (Å²) in [5, 5.41) is 16.6. The highest BCUT2D eigenvalue weighted by molar-refractivity contribution is 5.79. The van der Waals surface area contributed by atoms with Crippen molar-refractivity contribution in [3.8, 4) is 11.6 Å². The van der Waals surface area contributed by atoms with Gasteiger partial charge in [0.1, 0.15) is 5.75 Å². The van der Waals surface area contributed by atoms with Crippen LogP contribution in [0, 0.1) is 5.92 Å². The van der Waals surface area contributed by atoms with Gasteiger partial charge in [-0.2, -0.15) is 8.78 Å². The zero-order valence-corrected chi connectivity index (χ0v) is 17.4. The quantitative estimate of drug-likeness (QED) is 0.372. The Hall–Kier alpha value is -2.94. The Balaban J connectivity index is 1.49. The summed E-state index contributed by atoms with van der Waals surface area (Å²) in [5.74, 6) is 1.90. The second-order valence-corrected chi connectivity index (χ2v) is 7.30. The lowest BCUT2D eigenvalue weighted by Gasteiger charge is -2.16. The topological polar surface area (TPSA) is 88.0 Å². The molecule has 9 heteroatoms. The standard InChI is InChI=1S/C22H28F2N4O3/c1-2-25-22(27-12-16-5-10-20(26-11-16)30-14-15-3-4-15)28-13-19(29)17-6-8-18(9-7-17)31-21(23)24/h5-11,15,19,21,29H,2-4,12-14H2,1H3,(H2,25,27,28). The van der Waals surface area contributed by atoms with Crippen LogP contribution in [0.4, 0.5) is 8.78 Å². The summed E-state index contributed by atoms with van der Waals surface area (Å²) in [6.07, 6.45) is 3.38. The molecule has 0 spiro atoms. The zero-order chi connectivity index (χ0) is 22.1. The first-order valence-electron chi connectivity index (χ1n) is 10.4. The number of guanidine groups is 1. The Morgan fingerprint density at radius 1 is 1.19 bits per heavy atom. The molecule has 31 heavy (non-hydrogen) atoms. The average Bonchev–Trinajstić information content (AvgIpc) is 3.59. The van der Waals surface area contributed by atoms with Gasteiger partial charge in [0.2, 0.25) is 5.88 Å². The Bertz CT molecular complexity index is 828. The number of halogens is 2. The summed E-state index contributed by atoms with van der Waals surface area (Å²) < 4.78 is 34.4. The molecule has 1 aliphatic carbocycles. The van der Waals surface area contributed by atoms with Gasteiger partial charge in [0.25, 0.3) is 0 Å². The van der Waals surface area contributed by atoms with Crippen molar-refractivity contribution in [3.63, 3.8) is 0 Å². The van der Waals surface area contributed by atoms with Crippen LogP contribution in [-0.2, 0) is 6.54 Å². The molecule has 1 aromatic carbocycles. The molecule has 2 aromatic rings. The highest BCUT2D eigenvalue weighted by Gasteiger charge is 2.22. The van der Waals surface area contributed by atoms with Crippen molar-refractivity contribution >= 4 is 5.96 Å². The molecule has 0 amide bonds. The Morgan fingerprint density at radius 3 is 2.58 bits per heavy atom. The summed E-state index contributed by atoms with van der Waals surface area (Å²) >= 11 is 0. The van der Waals surface area contributed by atoms with Crippen molar-refractivity contribution in [2.24, 2.45) is 10.9 Å². The van der Waals surface area contributed by atoms with Crippen LogP contribution in [0.25, 0.3) is 0 Å².